The Morgan fingerprint density at radius 3 is 2.52 bits per heavy atom. The van der Waals surface area contributed by atoms with Crippen LogP contribution in [0.25, 0.3) is 22.0 Å². The van der Waals surface area contributed by atoms with Gasteiger partial charge in [-0.2, -0.15) is 0 Å². The molecule has 4 heteroatoms. The zero-order chi connectivity index (χ0) is 19.0. The van der Waals surface area contributed by atoms with Gasteiger partial charge in [0.25, 0.3) is 0 Å². The Bertz CT molecular complexity index is 933. The summed E-state index contributed by atoms with van der Waals surface area (Å²) in [5.41, 5.74) is 6.48. The molecule has 1 fully saturated rings. The lowest BCUT2D eigenvalue weighted by Gasteiger charge is -2.28. The monoisotopic (exact) mass is 362 g/mol. The Labute approximate surface area is 162 Å². The maximum atomic E-state index is 4.76. The van der Waals surface area contributed by atoms with Crippen molar-refractivity contribution in [1.29, 1.82) is 0 Å². The molecule has 0 radical (unpaired) electrons. The number of nitrogens with zero attached hydrogens (tertiary/aromatic N) is 3. The van der Waals surface area contributed by atoms with Crippen LogP contribution >= 0.6 is 0 Å². The summed E-state index contributed by atoms with van der Waals surface area (Å²) in [5, 5.41) is 4.79. The van der Waals surface area contributed by atoms with E-state index in [2.05, 4.69) is 72.9 Å². The van der Waals surface area contributed by atoms with Gasteiger partial charge in [-0.05, 0) is 62.1 Å². The number of anilines is 1. The normalized spacial score (nSPS) is 16.1. The first-order chi connectivity index (χ1) is 13.1. The fourth-order valence-electron chi connectivity index (χ4n) is 4.19. The highest BCUT2D eigenvalue weighted by atomic mass is 15.2. The first-order valence-corrected chi connectivity index (χ1v) is 10.1. The highest BCUT2D eigenvalue weighted by Crippen LogP contribution is 2.33. The van der Waals surface area contributed by atoms with Crippen LogP contribution in [0.5, 0.6) is 0 Å². The lowest BCUT2D eigenvalue weighted by Crippen LogP contribution is -2.43. The molecule has 27 heavy (non-hydrogen) atoms. The van der Waals surface area contributed by atoms with Crippen LogP contribution in [0.3, 0.4) is 0 Å². The topological polar surface area (TPSA) is 33.1 Å². The molecule has 3 aromatic rings. The molecule has 1 aliphatic heterocycles. The molecule has 1 N–H and O–H groups in total. The minimum atomic E-state index is 0.504. The molecule has 0 amide bonds. The zero-order valence-corrected chi connectivity index (χ0v) is 16.9. The van der Waals surface area contributed by atoms with E-state index in [1.54, 1.807) is 0 Å². The number of pyridine rings is 1. The largest absolute Gasteiger partial charge is 0.354 e. The molecule has 4 rings (SSSR count). The minimum absolute atomic E-state index is 0.504. The summed E-state index contributed by atoms with van der Waals surface area (Å²) in [5.74, 6) is 1.08. The third-order valence-corrected chi connectivity index (χ3v) is 5.91. The molecule has 4 nitrogen and oxygen atoms in total. The van der Waals surface area contributed by atoms with Crippen LogP contribution in [0.1, 0.15) is 37.4 Å². The second-order valence-corrected chi connectivity index (χ2v) is 7.81. The Morgan fingerprint density at radius 2 is 1.85 bits per heavy atom. The summed E-state index contributed by atoms with van der Waals surface area (Å²) in [6.07, 6.45) is 5.47. The van der Waals surface area contributed by atoms with Gasteiger partial charge in [0.1, 0.15) is 5.82 Å². The third kappa shape index (κ3) is 3.34. The summed E-state index contributed by atoms with van der Waals surface area (Å²) in [6, 6.07) is 9.53. The molecule has 142 valence electrons. The molecule has 2 aromatic heterocycles. The molecule has 0 bridgehead atoms. The zero-order valence-electron chi connectivity index (χ0n) is 16.9. The number of nitrogens with one attached hydrogen (secondary N) is 1. The highest BCUT2D eigenvalue weighted by Gasteiger charge is 2.15. The van der Waals surface area contributed by atoms with Crippen LogP contribution in [-0.4, -0.2) is 35.7 Å². The number of aromatic nitrogens is 2. The van der Waals surface area contributed by atoms with E-state index >= 15 is 0 Å². The maximum absolute atomic E-state index is 4.76. The van der Waals surface area contributed by atoms with Gasteiger partial charge in [-0.1, -0.05) is 13.0 Å². The van der Waals surface area contributed by atoms with Gasteiger partial charge in [-0.15, -0.1) is 0 Å². The minimum Gasteiger partial charge on any atom is -0.354 e. The van der Waals surface area contributed by atoms with Crippen molar-refractivity contribution in [2.45, 2.75) is 40.2 Å². The molecule has 1 aromatic carbocycles. The van der Waals surface area contributed by atoms with E-state index < -0.39 is 0 Å². The average Bonchev–Trinajstić information content (AvgIpc) is 3.05. The highest BCUT2D eigenvalue weighted by molar-refractivity contribution is 5.91. The van der Waals surface area contributed by atoms with Gasteiger partial charge in [0.2, 0.25) is 0 Å². The van der Waals surface area contributed by atoms with E-state index in [1.165, 1.54) is 33.2 Å². The van der Waals surface area contributed by atoms with Crippen molar-refractivity contribution in [3.05, 3.63) is 47.8 Å². The first kappa shape index (κ1) is 18.1. The Hall–Kier alpha value is -2.33. The fraction of sp³-hybridized carbons (Fsp3) is 0.435. The molecule has 1 atom stereocenters. The quantitative estimate of drug-likeness (QED) is 0.730. The fourth-order valence-corrected chi connectivity index (χ4v) is 4.19. The second kappa shape index (κ2) is 7.35. The predicted octanol–water partition coefficient (Wildman–Crippen LogP) is 4.70. The van der Waals surface area contributed by atoms with Crippen molar-refractivity contribution in [1.82, 2.24) is 14.9 Å². The van der Waals surface area contributed by atoms with Crippen molar-refractivity contribution in [3.8, 4) is 11.1 Å². The van der Waals surface area contributed by atoms with Gasteiger partial charge in [0, 0.05) is 61.1 Å². The summed E-state index contributed by atoms with van der Waals surface area (Å²) in [6.45, 7) is 13.1. The van der Waals surface area contributed by atoms with Gasteiger partial charge in [-0.25, -0.2) is 4.98 Å². The van der Waals surface area contributed by atoms with Crippen molar-refractivity contribution in [2.75, 3.05) is 31.1 Å². The van der Waals surface area contributed by atoms with Crippen molar-refractivity contribution in [2.24, 2.45) is 0 Å². The van der Waals surface area contributed by atoms with Gasteiger partial charge >= 0.3 is 0 Å². The van der Waals surface area contributed by atoms with Crippen LogP contribution in [0.15, 0.2) is 36.7 Å². The van der Waals surface area contributed by atoms with Crippen LogP contribution < -0.4 is 10.2 Å². The van der Waals surface area contributed by atoms with Crippen LogP contribution in [0.2, 0.25) is 0 Å². The third-order valence-electron chi connectivity index (χ3n) is 5.91. The van der Waals surface area contributed by atoms with Crippen molar-refractivity contribution in [3.63, 3.8) is 0 Å². The SMILES string of the molecule is CCC(C)n1cc(C)c2c(C)cc(-c3ccc(N4CCNCC4)nc3)cc21. The Kier molecular flexibility index (Phi) is 4.92. The van der Waals surface area contributed by atoms with E-state index in [4.69, 9.17) is 4.98 Å². The lowest BCUT2D eigenvalue weighted by molar-refractivity contribution is 0.547. The van der Waals surface area contributed by atoms with Gasteiger partial charge in [-0.3, -0.25) is 0 Å². The van der Waals surface area contributed by atoms with Crippen molar-refractivity contribution < 1.29 is 0 Å². The van der Waals surface area contributed by atoms with Gasteiger partial charge in [0.05, 0.1) is 0 Å². The van der Waals surface area contributed by atoms with Crippen LogP contribution in [0.4, 0.5) is 5.82 Å². The molecule has 1 aliphatic rings. The van der Waals surface area contributed by atoms with E-state index in [1.807, 2.05) is 6.20 Å². The lowest BCUT2D eigenvalue weighted by atomic mass is 10.0. The molecule has 0 aliphatic carbocycles. The van der Waals surface area contributed by atoms with Gasteiger partial charge < -0.3 is 14.8 Å². The maximum Gasteiger partial charge on any atom is 0.128 e. The van der Waals surface area contributed by atoms with Crippen molar-refractivity contribution >= 4 is 16.7 Å². The molecular formula is C23H30N4. The molecule has 1 unspecified atom stereocenters. The Balaban J connectivity index is 1.73. The standard InChI is InChI=1S/C23H30N4/c1-5-18(4)27-15-17(3)23-16(2)12-20(13-21(23)27)19-6-7-22(25-14-19)26-10-8-24-9-11-26/h6-7,12-15,18,24H,5,8-11H2,1-4H3. The van der Waals surface area contributed by atoms with Crippen LogP contribution in [0, 0.1) is 13.8 Å². The second-order valence-electron chi connectivity index (χ2n) is 7.81. The van der Waals surface area contributed by atoms with E-state index in [9.17, 15) is 0 Å². The van der Waals surface area contributed by atoms with Gasteiger partial charge in [0.15, 0.2) is 0 Å². The van der Waals surface area contributed by atoms with E-state index in [0.29, 0.717) is 6.04 Å². The molecule has 1 saturated heterocycles. The summed E-state index contributed by atoms with van der Waals surface area (Å²) < 4.78 is 2.43. The smallest absolute Gasteiger partial charge is 0.128 e. The molecular weight excluding hydrogens is 332 g/mol. The average molecular weight is 363 g/mol. The van der Waals surface area contributed by atoms with E-state index in [-0.39, 0.29) is 0 Å². The number of aryl methyl sites for hydroxylation is 2. The predicted molar refractivity (Wildman–Crippen MR) is 115 cm³/mol. The first-order valence-electron chi connectivity index (χ1n) is 10.1. The Morgan fingerprint density at radius 1 is 1.07 bits per heavy atom. The molecule has 3 heterocycles. The number of benzene rings is 1. The summed E-state index contributed by atoms with van der Waals surface area (Å²) >= 11 is 0. The summed E-state index contributed by atoms with van der Waals surface area (Å²) in [4.78, 5) is 7.11. The number of fused-ring (bicyclic) bond motifs is 1. The number of hydrogen-bond acceptors (Lipinski definition) is 3. The molecule has 0 saturated carbocycles. The number of hydrogen-bond donors (Lipinski definition) is 1. The van der Waals surface area contributed by atoms with E-state index in [0.717, 1.165) is 38.4 Å². The number of rotatable bonds is 4. The number of piperazine rings is 1. The molecule has 0 spiro atoms. The summed E-state index contributed by atoms with van der Waals surface area (Å²) in [7, 11) is 0. The van der Waals surface area contributed by atoms with Crippen LogP contribution in [-0.2, 0) is 0 Å².